The minimum Gasteiger partial charge on any atom is -0.462 e. The Morgan fingerprint density at radius 2 is 0.672 bits per heavy atom. The van der Waals surface area contributed by atoms with Crippen LogP contribution >= 0.6 is 0 Å². The van der Waals surface area contributed by atoms with Crippen LogP contribution in [0.3, 0.4) is 0 Å². The lowest BCUT2D eigenvalue weighted by Gasteiger charge is -2.18. The van der Waals surface area contributed by atoms with Gasteiger partial charge in [-0.15, -0.1) is 0 Å². The van der Waals surface area contributed by atoms with Gasteiger partial charge in [-0.05, 0) is 103 Å². The van der Waals surface area contributed by atoms with Crippen molar-refractivity contribution in [2.75, 3.05) is 13.2 Å². The van der Waals surface area contributed by atoms with Crippen molar-refractivity contribution in [3.8, 4) is 0 Å². The van der Waals surface area contributed by atoms with Gasteiger partial charge in [-0.3, -0.25) is 14.4 Å². The number of ether oxygens (including phenoxy) is 3. The number of rotatable bonds is 48. The standard InChI is InChI=1S/C61H100O6/c1-4-7-10-13-16-19-22-25-27-29-30-32-33-36-39-42-45-48-51-54-60(63)66-57-58(56-65-59(62)53-50-47-44-41-38-35-24-21-18-15-12-9-6-3)67-61(64)55-52-49-46-43-40-37-34-31-28-26-23-20-17-14-11-8-5-2/h7,9-10,12,15-16,18-19,21,24-28,34,37,43,46,58H,4-6,8,11,13-14,17,20,22-23,29-33,35-36,38-42,44-45,47-57H2,1-3H3/b10-7+,12-9+,18-15+,19-16+,24-21+,27-25+,28-26+,37-34+,46-43+. The van der Waals surface area contributed by atoms with Crippen molar-refractivity contribution < 1.29 is 28.6 Å². The Balaban J connectivity index is 4.48. The zero-order valence-corrected chi connectivity index (χ0v) is 43.4. The highest BCUT2D eigenvalue weighted by molar-refractivity contribution is 5.71. The van der Waals surface area contributed by atoms with E-state index in [-0.39, 0.29) is 37.5 Å². The van der Waals surface area contributed by atoms with Gasteiger partial charge < -0.3 is 14.2 Å². The van der Waals surface area contributed by atoms with Gasteiger partial charge in [-0.25, -0.2) is 0 Å². The fourth-order valence-electron chi connectivity index (χ4n) is 7.24. The molecule has 6 nitrogen and oxygen atoms in total. The lowest BCUT2D eigenvalue weighted by atomic mass is 10.1. The Labute approximate surface area is 412 Å². The molecule has 0 fully saturated rings. The van der Waals surface area contributed by atoms with Crippen molar-refractivity contribution in [1.29, 1.82) is 0 Å². The van der Waals surface area contributed by atoms with Gasteiger partial charge in [0, 0.05) is 19.3 Å². The number of carbonyl (C=O) groups excluding carboxylic acids is 3. The maximum atomic E-state index is 12.8. The van der Waals surface area contributed by atoms with E-state index in [1.165, 1.54) is 83.5 Å². The van der Waals surface area contributed by atoms with Crippen LogP contribution in [-0.4, -0.2) is 37.2 Å². The molecule has 0 saturated carbocycles. The van der Waals surface area contributed by atoms with E-state index in [0.29, 0.717) is 19.3 Å². The second-order valence-electron chi connectivity index (χ2n) is 17.8. The summed E-state index contributed by atoms with van der Waals surface area (Å²) in [5, 5.41) is 0. The quantitative estimate of drug-likeness (QED) is 0.0199. The molecule has 0 radical (unpaired) electrons. The summed E-state index contributed by atoms with van der Waals surface area (Å²) in [5.41, 5.74) is 0. The maximum absolute atomic E-state index is 12.8. The number of allylic oxidation sites excluding steroid dienone is 18. The number of unbranched alkanes of at least 4 members (excludes halogenated alkanes) is 21. The summed E-state index contributed by atoms with van der Waals surface area (Å²) in [5.74, 6) is -0.991. The molecule has 6 heteroatoms. The van der Waals surface area contributed by atoms with Gasteiger partial charge in [-0.1, -0.05) is 226 Å². The first-order valence-electron chi connectivity index (χ1n) is 27.4. The monoisotopic (exact) mass is 929 g/mol. The lowest BCUT2D eigenvalue weighted by molar-refractivity contribution is -0.167. The van der Waals surface area contributed by atoms with Gasteiger partial charge in [0.1, 0.15) is 13.2 Å². The highest BCUT2D eigenvalue weighted by Crippen LogP contribution is 2.14. The summed E-state index contributed by atoms with van der Waals surface area (Å²) >= 11 is 0. The largest absolute Gasteiger partial charge is 0.462 e. The van der Waals surface area contributed by atoms with Gasteiger partial charge in [0.2, 0.25) is 0 Å². The minimum atomic E-state index is -0.817. The molecular weight excluding hydrogens is 829 g/mol. The summed E-state index contributed by atoms with van der Waals surface area (Å²) in [7, 11) is 0. The molecule has 0 rings (SSSR count). The lowest BCUT2D eigenvalue weighted by Crippen LogP contribution is -2.30. The van der Waals surface area contributed by atoms with E-state index in [1.54, 1.807) is 0 Å². The third kappa shape index (κ3) is 52.9. The van der Waals surface area contributed by atoms with Crippen LogP contribution in [-0.2, 0) is 28.6 Å². The first-order valence-corrected chi connectivity index (χ1v) is 27.4. The molecule has 0 aromatic heterocycles. The van der Waals surface area contributed by atoms with E-state index in [9.17, 15) is 14.4 Å². The molecule has 0 saturated heterocycles. The molecule has 67 heavy (non-hydrogen) atoms. The summed E-state index contributed by atoms with van der Waals surface area (Å²) in [6, 6.07) is 0. The third-order valence-electron chi connectivity index (χ3n) is 11.3. The molecule has 0 aliphatic carbocycles. The van der Waals surface area contributed by atoms with E-state index in [1.807, 2.05) is 0 Å². The average Bonchev–Trinajstić information content (AvgIpc) is 3.33. The van der Waals surface area contributed by atoms with Gasteiger partial charge in [0.25, 0.3) is 0 Å². The molecular formula is C61H100O6. The van der Waals surface area contributed by atoms with Gasteiger partial charge in [0.05, 0.1) is 0 Å². The molecule has 1 unspecified atom stereocenters. The summed E-state index contributed by atoms with van der Waals surface area (Å²) < 4.78 is 16.8. The van der Waals surface area contributed by atoms with Crippen molar-refractivity contribution in [2.45, 2.75) is 245 Å². The van der Waals surface area contributed by atoms with E-state index >= 15 is 0 Å². The summed E-state index contributed by atoms with van der Waals surface area (Å²) in [4.78, 5) is 38.1. The molecule has 1 atom stereocenters. The van der Waals surface area contributed by atoms with Crippen LogP contribution in [0.15, 0.2) is 109 Å². The van der Waals surface area contributed by atoms with Crippen LogP contribution in [0.5, 0.6) is 0 Å². The summed E-state index contributed by atoms with van der Waals surface area (Å²) in [6.45, 7) is 6.32. The molecule has 380 valence electrons. The zero-order valence-electron chi connectivity index (χ0n) is 43.4. The number of hydrogen-bond donors (Lipinski definition) is 0. The number of esters is 3. The Morgan fingerprint density at radius 3 is 1.12 bits per heavy atom. The van der Waals surface area contributed by atoms with Gasteiger partial charge >= 0.3 is 17.9 Å². The molecule has 0 bridgehead atoms. The van der Waals surface area contributed by atoms with E-state index in [2.05, 4.69) is 130 Å². The van der Waals surface area contributed by atoms with Crippen molar-refractivity contribution in [1.82, 2.24) is 0 Å². The second kappa shape index (κ2) is 54.7. The molecule has 0 aliphatic rings. The smallest absolute Gasteiger partial charge is 0.306 e. The Kier molecular flexibility index (Phi) is 51.5. The average molecular weight is 929 g/mol. The molecule has 0 aromatic rings. The molecule has 0 heterocycles. The zero-order chi connectivity index (χ0) is 48.6. The van der Waals surface area contributed by atoms with Crippen LogP contribution in [0, 0.1) is 0 Å². The van der Waals surface area contributed by atoms with E-state index < -0.39 is 6.10 Å². The van der Waals surface area contributed by atoms with Crippen molar-refractivity contribution in [3.63, 3.8) is 0 Å². The first kappa shape index (κ1) is 63.1. The van der Waals surface area contributed by atoms with Crippen LogP contribution in [0.1, 0.15) is 239 Å². The van der Waals surface area contributed by atoms with E-state index in [0.717, 1.165) is 109 Å². The van der Waals surface area contributed by atoms with Crippen molar-refractivity contribution >= 4 is 17.9 Å². The van der Waals surface area contributed by atoms with Gasteiger partial charge in [0.15, 0.2) is 6.10 Å². The molecule has 0 amide bonds. The van der Waals surface area contributed by atoms with Crippen LogP contribution in [0.2, 0.25) is 0 Å². The third-order valence-corrected chi connectivity index (χ3v) is 11.3. The minimum absolute atomic E-state index is 0.109. The fraction of sp³-hybridized carbons (Fsp3) is 0.656. The summed E-state index contributed by atoms with van der Waals surface area (Å²) in [6.07, 6.45) is 73.7. The molecule has 0 aliphatic heterocycles. The SMILES string of the molecule is CC/C=C/C=C/C=C/CCCCCCCC(=O)OCC(COC(=O)CCCCCCCCCCC/C=C/C/C=C/C/C=C/CC)OC(=O)CCC/C=C/C/C=C/C/C=C/CCCCCCCC. The number of hydrogen-bond acceptors (Lipinski definition) is 6. The van der Waals surface area contributed by atoms with Crippen molar-refractivity contribution in [2.24, 2.45) is 0 Å². The Hall–Kier alpha value is -3.93. The highest BCUT2D eigenvalue weighted by Gasteiger charge is 2.19. The normalized spacial score (nSPS) is 12.9. The first-order chi connectivity index (χ1) is 33.0. The van der Waals surface area contributed by atoms with Gasteiger partial charge in [-0.2, -0.15) is 0 Å². The Morgan fingerprint density at radius 1 is 0.328 bits per heavy atom. The highest BCUT2D eigenvalue weighted by atomic mass is 16.6. The topological polar surface area (TPSA) is 78.9 Å². The molecule has 0 spiro atoms. The van der Waals surface area contributed by atoms with Crippen LogP contribution in [0.25, 0.3) is 0 Å². The number of carbonyl (C=O) groups is 3. The Bertz CT molecular complexity index is 1390. The van der Waals surface area contributed by atoms with Crippen LogP contribution in [0.4, 0.5) is 0 Å². The maximum Gasteiger partial charge on any atom is 0.306 e. The second-order valence-corrected chi connectivity index (χ2v) is 17.8. The predicted molar refractivity (Wildman–Crippen MR) is 288 cm³/mol. The molecule has 0 N–H and O–H groups in total. The van der Waals surface area contributed by atoms with Crippen molar-refractivity contribution in [3.05, 3.63) is 109 Å². The van der Waals surface area contributed by atoms with Crippen LogP contribution < -0.4 is 0 Å². The van der Waals surface area contributed by atoms with E-state index in [4.69, 9.17) is 14.2 Å². The molecule has 0 aromatic carbocycles. The predicted octanol–water partition coefficient (Wildman–Crippen LogP) is 18.3. The fourth-order valence-corrected chi connectivity index (χ4v) is 7.24.